The molecule has 3 rings (SSSR count). The van der Waals surface area contributed by atoms with E-state index in [4.69, 9.17) is 20.8 Å². The standard InChI is InChI=1S/C19H23ClN6O2/c1-5-7-14(6-2)26-12-22-17(18-21-8-9-27-18)15(26)10-25-16(11-28-13(3)4)23-24-19(25)20/h5,7-9,12-13H,1,6,10-11H2,2-4H3/b14-7+. The highest BCUT2D eigenvalue weighted by Gasteiger charge is 2.21. The molecule has 0 radical (unpaired) electrons. The molecule has 0 unspecified atom stereocenters. The Morgan fingerprint density at radius 2 is 2.18 bits per heavy atom. The smallest absolute Gasteiger partial charge is 0.246 e. The van der Waals surface area contributed by atoms with E-state index in [1.165, 1.54) is 6.26 Å². The zero-order valence-electron chi connectivity index (χ0n) is 16.2. The Labute approximate surface area is 168 Å². The molecule has 0 N–H and O–H groups in total. The summed E-state index contributed by atoms with van der Waals surface area (Å²) in [6.45, 7) is 10.5. The number of ether oxygens (including phenoxy) is 1. The van der Waals surface area contributed by atoms with E-state index in [9.17, 15) is 0 Å². The fraction of sp³-hybridized carbons (Fsp3) is 0.368. The molecule has 3 aromatic heterocycles. The van der Waals surface area contributed by atoms with E-state index in [1.807, 2.05) is 24.5 Å². The lowest BCUT2D eigenvalue weighted by Gasteiger charge is -2.14. The minimum absolute atomic E-state index is 0.0690. The molecular formula is C19H23ClN6O2. The first-order chi connectivity index (χ1) is 13.5. The van der Waals surface area contributed by atoms with E-state index in [-0.39, 0.29) is 11.4 Å². The maximum Gasteiger partial charge on any atom is 0.246 e. The number of allylic oxidation sites excluding steroid dienone is 3. The number of halogens is 1. The first-order valence-corrected chi connectivity index (χ1v) is 9.40. The van der Waals surface area contributed by atoms with Crippen molar-refractivity contribution in [2.45, 2.75) is 46.4 Å². The predicted molar refractivity (Wildman–Crippen MR) is 107 cm³/mol. The molecule has 8 nitrogen and oxygen atoms in total. The van der Waals surface area contributed by atoms with Gasteiger partial charge in [-0.2, -0.15) is 0 Å². The number of imidazole rings is 1. The van der Waals surface area contributed by atoms with Crippen LogP contribution in [-0.2, 0) is 17.9 Å². The van der Waals surface area contributed by atoms with Crippen molar-refractivity contribution in [1.82, 2.24) is 29.3 Å². The van der Waals surface area contributed by atoms with Crippen LogP contribution in [0.15, 0.2) is 41.9 Å². The Bertz CT molecular complexity index is 955. The summed E-state index contributed by atoms with van der Waals surface area (Å²) in [6.07, 6.45) is 9.41. The van der Waals surface area contributed by atoms with E-state index >= 15 is 0 Å². The van der Waals surface area contributed by atoms with Crippen molar-refractivity contribution in [3.8, 4) is 11.6 Å². The van der Waals surface area contributed by atoms with Gasteiger partial charge in [0.15, 0.2) is 5.82 Å². The molecule has 0 saturated heterocycles. The summed E-state index contributed by atoms with van der Waals surface area (Å²) in [7, 11) is 0. The van der Waals surface area contributed by atoms with Gasteiger partial charge in [0, 0.05) is 5.70 Å². The molecule has 9 heteroatoms. The molecular weight excluding hydrogens is 380 g/mol. The lowest BCUT2D eigenvalue weighted by atomic mass is 10.2. The highest BCUT2D eigenvalue weighted by Crippen LogP contribution is 2.26. The van der Waals surface area contributed by atoms with Crippen LogP contribution in [0.2, 0.25) is 5.28 Å². The van der Waals surface area contributed by atoms with Crippen LogP contribution in [-0.4, -0.2) is 35.4 Å². The summed E-state index contributed by atoms with van der Waals surface area (Å²) in [4.78, 5) is 8.77. The molecule has 0 fully saturated rings. The van der Waals surface area contributed by atoms with E-state index in [1.54, 1.807) is 23.2 Å². The van der Waals surface area contributed by atoms with Gasteiger partial charge in [0.05, 0.1) is 24.5 Å². The summed E-state index contributed by atoms with van der Waals surface area (Å²) in [6, 6.07) is 0. The highest BCUT2D eigenvalue weighted by atomic mass is 35.5. The molecule has 0 amide bonds. The zero-order chi connectivity index (χ0) is 20.1. The van der Waals surface area contributed by atoms with Gasteiger partial charge in [0.2, 0.25) is 11.2 Å². The van der Waals surface area contributed by atoms with E-state index in [2.05, 4.69) is 33.7 Å². The minimum atomic E-state index is 0.0690. The van der Waals surface area contributed by atoms with Gasteiger partial charge < -0.3 is 13.7 Å². The Morgan fingerprint density at radius 1 is 1.36 bits per heavy atom. The van der Waals surface area contributed by atoms with Crippen LogP contribution >= 0.6 is 11.6 Å². The Kier molecular flexibility index (Phi) is 6.43. The molecule has 0 aliphatic carbocycles. The first kappa shape index (κ1) is 20.0. The Balaban J connectivity index is 2.06. The molecule has 0 saturated carbocycles. The molecule has 0 aromatic carbocycles. The summed E-state index contributed by atoms with van der Waals surface area (Å²) in [5, 5.41) is 8.42. The minimum Gasteiger partial charge on any atom is -0.443 e. The maximum absolute atomic E-state index is 6.32. The summed E-state index contributed by atoms with van der Waals surface area (Å²) >= 11 is 6.32. The average molecular weight is 403 g/mol. The van der Waals surface area contributed by atoms with Gasteiger partial charge >= 0.3 is 0 Å². The Morgan fingerprint density at radius 3 is 2.82 bits per heavy atom. The van der Waals surface area contributed by atoms with E-state index in [0.29, 0.717) is 30.6 Å². The van der Waals surface area contributed by atoms with Gasteiger partial charge in [-0.15, -0.1) is 10.2 Å². The Hall–Kier alpha value is -2.71. The van der Waals surface area contributed by atoms with Gasteiger partial charge in [0.1, 0.15) is 24.9 Å². The van der Waals surface area contributed by atoms with Crippen molar-refractivity contribution in [2.75, 3.05) is 0 Å². The van der Waals surface area contributed by atoms with Crippen LogP contribution in [0.4, 0.5) is 0 Å². The van der Waals surface area contributed by atoms with Crippen molar-refractivity contribution >= 4 is 17.3 Å². The number of hydrogen-bond donors (Lipinski definition) is 0. The molecule has 28 heavy (non-hydrogen) atoms. The fourth-order valence-corrected chi connectivity index (χ4v) is 2.96. The summed E-state index contributed by atoms with van der Waals surface area (Å²) in [5.74, 6) is 1.07. The van der Waals surface area contributed by atoms with Gasteiger partial charge in [-0.25, -0.2) is 9.97 Å². The lowest BCUT2D eigenvalue weighted by Crippen LogP contribution is -2.13. The van der Waals surface area contributed by atoms with Crippen molar-refractivity contribution in [3.63, 3.8) is 0 Å². The highest BCUT2D eigenvalue weighted by molar-refractivity contribution is 6.28. The predicted octanol–water partition coefficient (Wildman–Crippen LogP) is 4.19. The quantitative estimate of drug-likeness (QED) is 0.499. The molecule has 0 aliphatic rings. The third kappa shape index (κ3) is 4.23. The first-order valence-electron chi connectivity index (χ1n) is 9.02. The van der Waals surface area contributed by atoms with Crippen LogP contribution < -0.4 is 0 Å². The molecule has 0 bridgehead atoms. The third-order valence-corrected chi connectivity index (χ3v) is 4.40. The van der Waals surface area contributed by atoms with Crippen LogP contribution in [0.5, 0.6) is 0 Å². The maximum atomic E-state index is 6.32. The van der Waals surface area contributed by atoms with Crippen molar-refractivity contribution in [1.29, 1.82) is 0 Å². The van der Waals surface area contributed by atoms with Crippen LogP contribution in [0.3, 0.4) is 0 Å². The summed E-state index contributed by atoms with van der Waals surface area (Å²) in [5.41, 5.74) is 2.51. The number of rotatable bonds is 9. The second-order valence-electron chi connectivity index (χ2n) is 6.33. The van der Waals surface area contributed by atoms with Gasteiger partial charge in [0.25, 0.3) is 0 Å². The number of hydrogen-bond acceptors (Lipinski definition) is 6. The van der Waals surface area contributed by atoms with Gasteiger partial charge in [-0.05, 0) is 37.9 Å². The van der Waals surface area contributed by atoms with Gasteiger partial charge in [-0.3, -0.25) is 4.57 Å². The average Bonchev–Trinajstić information content (AvgIpc) is 3.40. The summed E-state index contributed by atoms with van der Waals surface area (Å²) < 4.78 is 14.9. The second kappa shape index (κ2) is 8.99. The topological polar surface area (TPSA) is 83.8 Å². The molecule has 0 spiro atoms. The van der Waals surface area contributed by atoms with Crippen LogP contribution in [0.25, 0.3) is 17.3 Å². The molecule has 0 aliphatic heterocycles. The monoisotopic (exact) mass is 402 g/mol. The molecule has 3 aromatic rings. The SMILES string of the molecule is C=C/C=C(\CC)n1cnc(-c2ncco2)c1Cn1c(Cl)nnc1COC(C)C. The van der Waals surface area contributed by atoms with E-state index in [0.717, 1.165) is 17.8 Å². The molecule has 3 heterocycles. The van der Waals surface area contributed by atoms with Crippen molar-refractivity contribution in [3.05, 3.63) is 54.3 Å². The van der Waals surface area contributed by atoms with Crippen molar-refractivity contribution < 1.29 is 9.15 Å². The number of oxazole rings is 1. The van der Waals surface area contributed by atoms with Crippen LogP contribution in [0.1, 0.15) is 38.7 Å². The zero-order valence-corrected chi connectivity index (χ0v) is 16.9. The van der Waals surface area contributed by atoms with Crippen LogP contribution in [0, 0.1) is 0 Å². The number of nitrogens with zero attached hydrogens (tertiary/aromatic N) is 6. The molecule has 0 atom stereocenters. The molecule has 148 valence electrons. The number of aromatic nitrogens is 6. The fourth-order valence-electron chi connectivity index (χ4n) is 2.76. The van der Waals surface area contributed by atoms with E-state index < -0.39 is 0 Å². The van der Waals surface area contributed by atoms with Crippen molar-refractivity contribution in [2.24, 2.45) is 0 Å². The normalized spacial score (nSPS) is 12.1. The third-order valence-electron chi connectivity index (χ3n) is 4.12. The second-order valence-corrected chi connectivity index (χ2v) is 6.66. The largest absolute Gasteiger partial charge is 0.443 e. The lowest BCUT2D eigenvalue weighted by molar-refractivity contribution is 0.0594. The van der Waals surface area contributed by atoms with Gasteiger partial charge in [-0.1, -0.05) is 19.6 Å².